The average molecular weight is 545 g/mol. The summed E-state index contributed by atoms with van der Waals surface area (Å²) in [6, 6.07) is 2.47. The van der Waals surface area contributed by atoms with Crippen LogP contribution in [-0.2, 0) is 35.2 Å². The summed E-state index contributed by atoms with van der Waals surface area (Å²) in [6.07, 6.45) is 1.28. The number of aromatic nitrogens is 1. The van der Waals surface area contributed by atoms with Crippen LogP contribution in [-0.4, -0.2) is 86.4 Å². The van der Waals surface area contributed by atoms with E-state index in [2.05, 4.69) is 15.6 Å². The number of aliphatic carboxylic acids is 2. The molecule has 4 amide bonds. The van der Waals surface area contributed by atoms with Crippen LogP contribution in [0, 0.1) is 0 Å². The first-order chi connectivity index (χ1) is 18.5. The van der Waals surface area contributed by atoms with Gasteiger partial charge in [0.2, 0.25) is 23.6 Å². The largest absolute Gasteiger partial charge is 0.481 e. The molecule has 0 spiro atoms. The van der Waals surface area contributed by atoms with Gasteiger partial charge in [0.25, 0.3) is 0 Å². The van der Waals surface area contributed by atoms with Gasteiger partial charge in [0.05, 0.1) is 12.5 Å². The minimum atomic E-state index is -1.62. The Morgan fingerprint density at radius 2 is 1.79 bits per heavy atom. The zero-order valence-corrected chi connectivity index (χ0v) is 21.1. The summed E-state index contributed by atoms with van der Waals surface area (Å²) < 4.78 is 0. The first kappa shape index (κ1) is 29.1. The fourth-order valence-corrected chi connectivity index (χ4v) is 4.61. The molecule has 1 aliphatic heterocycles. The molecule has 0 bridgehead atoms. The predicted molar refractivity (Wildman–Crippen MR) is 137 cm³/mol. The number of hydrogen-bond donors (Lipinski definition) is 7. The number of nitrogens with one attached hydrogen (secondary N) is 3. The monoisotopic (exact) mass is 544 g/mol. The molecule has 3 rings (SSSR count). The molecule has 4 atom stereocenters. The Morgan fingerprint density at radius 1 is 1.08 bits per heavy atom. The third kappa shape index (κ3) is 7.54. The molecule has 1 saturated heterocycles. The van der Waals surface area contributed by atoms with Crippen LogP contribution in [0.2, 0.25) is 0 Å². The lowest BCUT2D eigenvalue weighted by molar-refractivity contribution is -0.144. The maximum absolute atomic E-state index is 13.2. The summed E-state index contributed by atoms with van der Waals surface area (Å²) >= 11 is 0. The van der Waals surface area contributed by atoms with E-state index in [-0.39, 0.29) is 32.2 Å². The van der Waals surface area contributed by atoms with Crippen LogP contribution in [0.4, 0.5) is 0 Å². The Kier molecular flexibility index (Phi) is 9.60. The molecule has 0 radical (unpaired) electrons. The number of rotatable bonds is 13. The molecule has 2 aromatic rings. The van der Waals surface area contributed by atoms with Crippen LogP contribution >= 0.6 is 0 Å². The Bertz CT molecular complexity index is 1260. The number of carboxylic acids is 2. The lowest BCUT2D eigenvalue weighted by atomic mass is 10.0. The third-order valence-corrected chi connectivity index (χ3v) is 6.58. The number of primary amides is 1. The van der Waals surface area contributed by atoms with Gasteiger partial charge in [-0.1, -0.05) is 18.2 Å². The number of nitrogens with zero attached hydrogens (tertiary/aromatic N) is 1. The highest BCUT2D eigenvalue weighted by Crippen LogP contribution is 2.22. The molecule has 1 aromatic carbocycles. The van der Waals surface area contributed by atoms with Gasteiger partial charge >= 0.3 is 11.9 Å². The van der Waals surface area contributed by atoms with Crippen molar-refractivity contribution >= 4 is 46.5 Å². The smallest absolute Gasteiger partial charge is 0.326 e. The van der Waals surface area contributed by atoms with Gasteiger partial charge in [0, 0.05) is 30.1 Å². The number of benzene rings is 1. The predicted octanol–water partition coefficient (Wildman–Crippen LogP) is -1.18. The van der Waals surface area contributed by atoms with E-state index in [4.69, 9.17) is 11.5 Å². The van der Waals surface area contributed by atoms with E-state index in [0.717, 1.165) is 16.5 Å². The number of H-pyrrole nitrogens is 1. The van der Waals surface area contributed by atoms with E-state index >= 15 is 0 Å². The number of fused-ring (bicyclic) bond motifs is 1. The molecule has 4 unspecified atom stereocenters. The molecule has 0 aliphatic carbocycles. The highest BCUT2D eigenvalue weighted by molar-refractivity contribution is 5.96. The molecule has 1 aromatic heterocycles. The lowest BCUT2D eigenvalue weighted by Gasteiger charge is -2.28. The molecular formula is C25H32N6O8. The highest BCUT2D eigenvalue weighted by atomic mass is 16.4. The van der Waals surface area contributed by atoms with Crippen molar-refractivity contribution in [1.82, 2.24) is 20.5 Å². The number of carbonyl (C=O) groups excluding carboxylic acids is 4. The van der Waals surface area contributed by atoms with Gasteiger partial charge < -0.3 is 42.2 Å². The van der Waals surface area contributed by atoms with Crippen LogP contribution in [0.25, 0.3) is 10.9 Å². The normalized spacial score (nSPS) is 17.3. The fraction of sp³-hybridized carbons (Fsp3) is 0.440. The summed E-state index contributed by atoms with van der Waals surface area (Å²) in [7, 11) is 0. The highest BCUT2D eigenvalue weighted by Gasteiger charge is 2.38. The van der Waals surface area contributed by atoms with Crippen molar-refractivity contribution in [3.63, 3.8) is 0 Å². The van der Waals surface area contributed by atoms with Gasteiger partial charge in [-0.2, -0.15) is 0 Å². The number of carboxylic acid groups (broad SMARTS) is 2. The summed E-state index contributed by atoms with van der Waals surface area (Å²) in [6.45, 7) is 0.252. The van der Waals surface area contributed by atoms with Crippen LogP contribution in [0.1, 0.15) is 37.7 Å². The van der Waals surface area contributed by atoms with Crippen molar-refractivity contribution < 1.29 is 39.0 Å². The second kappa shape index (κ2) is 12.9. The zero-order valence-electron chi connectivity index (χ0n) is 21.1. The molecule has 210 valence electrons. The molecule has 0 saturated carbocycles. The number of likely N-dealkylation sites (tertiary alicyclic amines) is 1. The number of amides is 4. The molecule has 14 heteroatoms. The van der Waals surface area contributed by atoms with Gasteiger partial charge in [-0.05, 0) is 37.3 Å². The molecule has 1 aliphatic rings. The van der Waals surface area contributed by atoms with Gasteiger partial charge in [-0.25, -0.2) is 4.79 Å². The lowest BCUT2D eigenvalue weighted by Crippen LogP contribution is -2.57. The van der Waals surface area contributed by atoms with Crippen LogP contribution in [0.5, 0.6) is 0 Å². The number of carbonyl (C=O) groups is 6. The minimum Gasteiger partial charge on any atom is -0.481 e. The van der Waals surface area contributed by atoms with Crippen molar-refractivity contribution in [2.24, 2.45) is 11.5 Å². The number of hydrogen-bond acceptors (Lipinski definition) is 7. The molecule has 9 N–H and O–H groups in total. The standard InChI is InChI=1S/C25H32N6O8/c26-15(10-13-12-28-16-5-2-1-4-14(13)16)24(37)31-9-3-6-19(31)23(36)30-18(11-21(33)34)22(35)29-17(25(38)39)7-8-20(27)32/h1-2,4-5,12,15,17-19,28H,3,6-11,26H2,(H2,27,32)(H,29,35)(H,30,36)(H,33,34)(H,38,39). The summed E-state index contributed by atoms with van der Waals surface area (Å²) in [5.74, 6) is -5.93. The zero-order chi connectivity index (χ0) is 28.7. The van der Waals surface area contributed by atoms with E-state index in [0.29, 0.717) is 6.42 Å². The fourth-order valence-electron chi connectivity index (χ4n) is 4.61. The quantitative estimate of drug-likeness (QED) is 0.160. The van der Waals surface area contributed by atoms with Crippen LogP contribution in [0.15, 0.2) is 30.5 Å². The van der Waals surface area contributed by atoms with E-state index < -0.39 is 66.2 Å². The Hall–Kier alpha value is -4.46. The molecular weight excluding hydrogens is 512 g/mol. The summed E-state index contributed by atoms with van der Waals surface area (Å²) in [4.78, 5) is 77.3. The molecule has 2 heterocycles. The van der Waals surface area contributed by atoms with Crippen molar-refractivity contribution in [2.45, 2.75) is 62.7 Å². The second-order valence-corrected chi connectivity index (χ2v) is 9.42. The maximum Gasteiger partial charge on any atom is 0.326 e. The van der Waals surface area contributed by atoms with E-state index in [1.807, 2.05) is 24.3 Å². The number of para-hydroxylation sites is 1. The van der Waals surface area contributed by atoms with Crippen LogP contribution in [0.3, 0.4) is 0 Å². The Labute approximate surface area is 223 Å². The van der Waals surface area contributed by atoms with Crippen molar-refractivity contribution in [1.29, 1.82) is 0 Å². The van der Waals surface area contributed by atoms with E-state index in [9.17, 15) is 39.0 Å². The SMILES string of the molecule is NC(=O)CCC(NC(=O)C(CC(=O)O)NC(=O)C1CCCN1C(=O)C(N)Cc1c[nH]c2ccccc12)C(=O)O. The van der Waals surface area contributed by atoms with Gasteiger partial charge in [-0.15, -0.1) is 0 Å². The first-order valence-corrected chi connectivity index (χ1v) is 12.4. The van der Waals surface area contributed by atoms with Crippen molar-refractivity contribution in [3.8, 4) is 0 Å². The minimum absolute atomic E-state index is 0.222. The first-order valence-electron chi connectivity index (χ1n) is 12.4. The molecule has 1 fully saturated rings. The summed E-state index contributed by atoms with van der Waals surface area (Å²) in [5.41, 5.74) is 13.0. The van der Waals surface area contributed by atoms with Gasteiger partial charge in [0.15, 0.2) is 0 Å². The Balaban J connectivity index is 1.67. The Morgan fingerprint density at radius 3 is 2.46 bits per heavy atom. The molecule has 14 nitrogen and oxygen atoms in total. The van der Waals surface area contributed by atoms with E-state index in [1.165, 1.54) is 4.90 Å². The summed E-state index contributed by atoms with van der Waals surface area (Å²) in [5, 5.41) is 24.0. The van der Waals surface area contributed by atoms with E-state index in [1.54, 1.807) is 6.20 Å². The van der Waals surface area contributed by atoms with Gasteiger partial charge in [0.1, 0.15) is 18.1 Å². The van der Waals surface area contributed by atoms with Crippen molar-refractivity contribution in [3.05, 3.63) is 36.0 Å². The third-order valence-electron chi connectivity index (χ3n) is 6.58. The van der Waals surface area contributed by atoms with Crippen molar-refractivity contribution in [2.75, 3.05) is 6.54 Å². The molecule has 39 heavy (non-hydrogen) atoms. The topological polar surface area (TPSA) is 238 Å². The maximum atomic E-state index is 13.2. The number of nitrogens with two attached hydrogens (primary N) is 2. The second-order valence-electron chi connectivity index (χ2n) is 9.42. The van der Waals surface area contributed by atoms with Gasteiger partial charge in [-0.3, -0.25) is 24.0 Å². The van der Waals surface area contributed by atoms with Crippen LogP contribution < -0.4 is 22.1 Å². The number of aromatic amines is 1. The average Bonchev–Trinajstić information content (AvgIpc) is 3.52.